The van der Waals surface area contributed by atoms with Gasteiger partial charge in [0.1, 0.15) is 6.04 Å². The molecule has 1 amide bonds. The van der Waals surface area contributed by atoms with Gasteiger partial charge in [0.25, 0.3) is 0 Å². The molecule has 2 heterocycles. The van der Waals surface area contributed by atoms with E-state index in [0.717, 1.165) is 41.4 Å². The second kappa shape index (κ2) is 6.07. The number of nitrogens with zero attached hydrogens (tertiary/aromatic N) is 1. The van der Waals surface area contributed by atoms with Crippen molar-refractivity contribution in [2.45, 2.75) is 51.6 Å². The van der Waals surface area contributed by atoms with Crippen LogP contribution in [0.4, 0.5) is 0 Å². The number of nitrogens with one attached hydrogen (secondary N) is 1. The Morgan fingerprint density at radius 2 is 2.09 bits per heavy atom. The van der Waals surface area contributed by atoms with Crippen LogP contribution in [0.2, 0.25) is 0 Å². The van der Waals surface area contributed by atoms with Gasteiger partial charge in [-0.2, -0.15) is 0 Å². The normalized spacial score (nSPS) is 20.5. The number of benzene rings is 1. The van der Waals surface area contributed by atoms with Crippen LogP contribution in [-0.4, -0.2) is 32.9 Å². The van der Waals surface area contributed by atoms with Gasteiger partial charge in [0.2, 0.25) is 5.91 Å². The lowest BCUT2D eigenvalue weighted by Crippen LogP contribution is -2.50. The van der Waals surface area contributed by atoms with Crippen LogP contribution >= 0.6 is 0 Å². The maximum absolute atomic E-state index is 12.2. The molecule has 0 fully saturated rings. The topological polar surface area (TPSA) is 73.4 Å². The second-order valence-corrected chi connectivity index (χ2v) is 6.21. The number of unbranched alkanes of at least 4 members (excludes halogenated alkanes) is 1. The van der Waals surface area contributed by atoms with Gasteiger partial charge in [0.05, 0.1) is 6.04 Å². The fourth-order valence-corrected chi connectivity index (χ4v) is 3.70. The van der Waals surface area contributed by atoms with Gasteiger partial charge in [0.15, 0.2) is 0 Å². The van der Waals surface area contributed by atoms with Crippen LogP contribution in [0, 0.1) is 0 Å². The fourth-order valence-electron chi connectivity index (χ4n) is 3.70. The quantitative estimate of drug-likeness (QED) is 0.909. The summed E-state index contributed by atoms with van der Waals surface area (Å²) in [4.78, 5) is 28.9. The number of carbonyl (C=O) groups is 2. The number of fused-ring (bicyclic) bond motifs is 3. The van der Waals surface area contributed by atoms with Gasteiger partial charge in [-0.25, -0.2) is 4.79 Å². The number of rotatable bonds is 4. The summed E-state index contributed by atoms with van der Waals surface area (Å²) in [5.41, 5.74) is 3.06. The minimum absolute atomic E-state index is 0.178. The van der Waals surface area contributed by atoms with Crippen LogP contribution in [0.15, 0.2) is 24.3 Å². The Labute approximate surface area is 135 Å². The Morgan fingerprint density at radius 3 is 2.74 bits per heavy atom. The molecule has 0 saturated heterocycles. The number of aromatic amines is 1. The largest absolute Gasteiger partial charge is 0.480 e. The molecule has 1 aromatic carbocycles. The van der Waals surface area contributed by atoms with Crippen LogP contribution in [0.1, 0.15) is 50.4 Å². The van der Waals surface area contributed by atoms with Gasteiger partial charge in [-0.3, -0.25) is 4.79 Å². The Bertz CT molecular complexity index is 750. The van der Waals surface area contributed by atoms with Gasteiger partial charge < -0.3 is 15.0 Å². The minimum atomic E-state index is -0.933. The number of hydrogen-bond donors (Lipinski definition) is 2. The number of aromatic nitrogens is 1. The van der Waals surface area contributed by atoms with Crippen molar-refractivity contribution in [1.29, 1.82) is 0 Å². The molecular weight excluding hydrogens is 292 g/mol. The zero-order valence-electron chi connectivity index (χ0n) is 13.5. The van der Waals surface area contributed by atoms with Crippen LogP contribution in [0.25, 0.3) is 10.9 Å². The van der Waals surface area contributed by atoms with Crippen molar-refractivity contribution in [3.8, 4) is 0 Å². The summed E-state index contributed by atoms with van der Waals surface area (Å²) in [5, 5.41) is 10.7. The van der Waals surface area contributed by atoms with E-state index in [9.17, 15) is 14.7 Å². The molecule has 2 atom stereocenters. The molecule has 1 aliphatic rings. The number of aliphatic carboxylic acids is 1. The van der Waals surface area contributed by atoms with Gasteiger partial charge in [-0.1, -0.05) is 38.0 Å². The molecule has 5 heteroatoms. The first kappa shape index (κ1) is 15.6. The van der Waals surface area contributed by atoms with Crippen LogP contribution in [0.5, 0.6) is 0 Å². The summed E-state index contributed by atoms with van der Waals surface area (Å²) < 4.78 is 0. The Hall–Kier alpha value is -2.30. The molecule has 0 bridgehead atoms. The predicted molar refractivity (Wildman–Crippen MR) is 88.2 cm³/mol. The average Bonchev–Trinajstić information content (AvgIpc) is 2.90. The van der Waals surface area contributed by atoms with E-state index in [4.69, 9.17) is 0 Å². The van der Waals surface area contributed by atoms with Crippen molar-refractivity contribution in [3.05, 3.63) is 35.5 Å². The maximum Gasteiger partial charge on any atom is 0.326 e. The standard InChI is InChI=1S/C18H22N2O3/c1-3-4-9-15-17-13(12-7-5-6-8-14(12)19-17)10-16(18(22)23)20(15)11(2)21/h5-8,15-16,19H,3-4,9-10H2,1-2H3,(H,22,23). The summed E-state index contributed by atoms with van der Waals surface area (Å²) in [6.07, 6.45) is 3.10. The first-order chi connectivity index (χ1) is 11.0. The minimum Gasteiger partial charge on any atom is -0.480 e. The van der Waals surface area contributed by atoms with Crippen molar-refractivity contribution in [1.82, 2.24) is 9.88 Å². The number of carboxylic acids is 1. The number of hydrogen-bond acceptors (Lipinski definition) is 2. The monoisotopic (exact) mass is 314 g/mol. The summed E-state index contributed by atoms with van der Waals surface area (Å²) in [7, 11) is 0. The summed E-state index contributed by atoms with van der Waals surface area (Å²) in [6, 6.07) is 6.96. The molecule has 0 aliphatic carbocycles. The van der Waals surface area contributed by atoms with E-state index in [1.54, 1.807) is 4.90 Å². The number of carboxylic acid groups (broad SMARTS) is 1. The molecule has 2 unspecified atom stereocenters. The summed E-state index contributed by atoms with van der Waals surface area (Å²) >= 11 is 0. The van der Waals surface area contributed by atoms with E-state index in [2.05, 4.69) is 11.9 Å². The summed E-state index contributed by atoms with van der Waals surface area (Å²) in [5.74, 6) is -1.11. The van der Waals surface area contributed by atoms with E-state index in [0.29, 0.717) is 6.42 Å². The van der Waals surface area contributed by atoms with Gasteiger partial charge in [-0.05, 0) is 18.1 Å². The van der Waals surface area contributed by atoms with E-state index >= 15 is 0 Å². The Balaban J connectivity index is 2.16. The van der Waals surface area contributed by atoms with Crippen molar-refractivity contribution >= 4 is 22.8 Å². The number of carbonyl (C=O) groups excluding carboxylic acids is 1. The summed E-state index contributed by atoms with van der Waals surface area (Å²) in [6.45, 7) is 3.56. The molecule has 1 aliphatic heterocycles. The third-order valence-electron chi connectivity index (χ3n) is 4.73. The molecule has 0 saturated carbocycles. The van der Waals surface area contributed by atoms with Crippen molar-refractivity contribution in [2.24, 2.45) is 0 Å². The molecule has 1 aromatic heterocycles. The van der Waals surface area contributed by atoms with Crippen molar-refractivity contribution < 1.29 is 14.7 Å². The molecule has 3 rings (SSSR count). The Kier molecular flexibility index (Phi) is 4.11. The molecule has 0 spiro atoms. The molecule has 5 nitrogen and oxygen atoms in total. The highest BCUT2D eigenvalue weighted by Crippen LogP contribution is 2.39. The molecule has 23 heavy (non-hydrogen) atoms. The highest BCUT2D eigenvalue weighted by atomic mass is 16.4. The van der Waals surface area contributed by atoms with Crippen molar-refractivity contribution in [3.63, 3.8) is 0 Å². The number of para-hydroxylation sites is 1. The van der Waals surface area contributed by atoms with E-state index in [-0.39, 0.29) is 11.9 Å². The zero-order valence-corrected chi connectivity index (χ0v) is 13.5. The smallest absolute Gasteiger partial charge is 0.326 e. The average molecular weight is 314 g/mol. The lowest BCUT2D eigenvalue weighted by atomic mass is 9.89. The van der Waals surface area contributed by atoms with Crippen LogP contribution < -0.4 is 0 Å². The SMILES string of the molecule is CCCCC1c2[nH]c3ccccc3c2CC(C(=O)O)N1C(C)=O. The van der Waals surface area contributed by atoms with Gasteiger partial charge in [0, 0.05) is 29.9 Å². The lowest BCUT2D eigenvalue weighted by molar-refractivity contribution is -0.152. The van der Waals surface area contributed by atoms with Crippen molar-refractivity contribution in [2.75, 3.05) is 0 Å². The highest BCUT2D eigenvalue weighted by Gasteiger charge is 2.41. The zero-order chi connectivity index (χ0) is 16.6. The molecule has 2 N–H and O–H groups in total. The fraction of sp³-hybridized carbons (Fsp3) is 0.444. The number of H-pyrrole nitrogens is 1. The molecule has 0 radical (unpaired) electrons. The molecular formula is C18H22N2O3. The second-order valence-electron chi connectivity index (χ2n) is 6.21. The lowest BCUT2D eigenvalue weighted by Gasteiger charge is -2.39. The molecule has 122 valence electrons. The van der Waals surface area contributed by atoms with E-state index in [1.165, 1.54) is 6.92 Å². The number of amides is 1. The van der Waals surface area contributed by atoms with E-state index < -0.39 is 12.0 Å². The van der Waals surface area contributed by atoms with E-state index in [1.807, 2.05) is 24.3 Å². The Morgan fingerprint density at radius 1 is 1.35 bits per heavy atom. The van der Waals surface area contributed by atoms with Gasteiger partial charge in [-0.15, -0.1) is 0 Å². The molecule has 2 aromatic rings. The first-order valence-electron chi connectivity index (χ1n) is 8.15. The van der Waals surface area contributed by atoms with Gasteiger partial charge >= 0.3 is 5.97 Å². The third-order valence-corrected chi connectivity index (χ3v) is 4.73. The van der Waals surface area contributed by atoms with Crippen LogP contribution in [0.3, 0.4) is 0 Å². The first-order valence-corrected chi connectivity index (χ1v) is 8.15. The highest BCUT2D eigenvalue weighted by molar-refractivity contribution is 5.89. The third kappa shape index (κ3) is 2.60. The predicted octanol–water partition coefficient (Wildman–Crippen LogP) is 3.26. The maximum atomic E-state index is 12.2. The van der Waals surface area contributed by atoms with Crippen LogP contribution in [-0.2, 0) is 16.0 Å².